The molecule has 0 aliphatic carbocycles. The topological polar surface area (TPSA) is 66.9 Å². The second-order valence-corrected chi connectivity index (χ2v) is 5.46. The van der Waals surface area contributed by atoms with Gasteiger partial charge in [-0.05, 0) is 37.0 Å². The number of anilines is 1. The molecule has 0 bridgehead atoms. The molecule has 21 heavy (non-hydrogen) atoms. The highest BCUT2D eigenvalue weighted by Gasteiger charge is 2.15. The van der Waals surface area contributed by atoms with Crippen LogP contribution in [0.5, 0.6) is 0 Å². The second kappa shape index (κ2) is 7.73. The van der Waals surface area contributed by atoms with E-state index in [0.717, 1.165) is 30.8 Å². The monoisotopic (exact) mass is 304 g/mol. The zero-order valence-electron chi connectivity index (χ0n) is 12.3. The Bertz CT molecular complexity index is 571. The minimum Gasteiger partial charge on any atom is -0.384 e. The van der Waals surface area contributed by atoms with Gasteiger partial charge in [0.05, 0.1) is 17.3 Å². The van der Waals surface area contributed by atoms with Crippen LogP contribution in [0.2, 0.25) is 0 Å². The van der Waals surface area contributed by atoms with E-state index in [1.807, 2.05) is 36.6 Å². The van der Waals surface area contributed by atoms with Gasteiger partial charge in [0.15, 0.2) is 0 Å². The van der Waals surface area contributed by atoms with Crippen molar-refractivity contribution in [2.75, 3.05) is 11.9 Å². The van der Waals surface area contributed by atoms with E-state index < -0.39 is 0 Å². The van der Waals surface area contributed by atoms with E-state index in [1.54, 1.807) is 0 Å². The molecule has 2 N–H and O–H groups in total. The number of para-hydroxylation sites is 1. The summed E-state index contributed by atoms with van der Waals surface area (Å²) in [4.78, 5) is 12.4. The Morgan fingerprint density at radius 1 is 1.38 bits per heavy atom. The third-order valence-corrected chi connectivity index (χ3v) is 3.71. The van der Waals surface area contributed by atoms with Gasteiger partial charge in [-0.15, -0.1) is 5.10 Å². The molecule has 2 aromatic rings. The zero-order valence-corrected chi connectivity index (χ0v) is 13.1. The molecular formula is C15H20N4OS. The quantitative estimate of drug-likeness (QED) is 0.771. The molecule has 0 aliphatic heterocycles. The van der Waals surface area contributed by atoms with Crippen molar-refractivity contribution in [2.24, 2.45) is 0 Å². The maximum atomic E-state index is 12.4. The van der Waals surface area contributed by atoms with Gasteiger partial charge in [-0.25, -0.2) is 0 Å². The van der Waals surface area contributed by atoms with E-state index in [4.69, 9.17) is 0 Å². The predicted octanol–water partition coefficient (Wildman–Crippen LogP) is 3.24. The lowest BCUT2D eigenvalue weighted by atomic mass is 10.1. The number of hydrogen-bond donors (Lipinski definition) is 2. The first-order valence-corrected chi connectivity index (χ1v) is 7.96. The largest absolute Gasteiger partial charge is 0.384 e. The molecule has 5 nitrogen and oxygen atoms in total. The summed E-state index contributed by atoms with van der Waals surface area (Å²) in [5.74, 6) is -0.102. The number of hydrogen-bond acceptors (Lipinski definition) is 5. The minimum atomic E-state index is -0.153. The number of nitrogens with zero attached hydrogens (tertiary/aromatic N) is 2. The summed E-state index contributed by atoms with van der Waals surface area (Å²) in [5.41, 5.74) is 2.31. The standard InChI is InChI=1S/C15H20N4OS/c1-3-4-9-16-13-8-6-5-7-12(13)15(20)17-11(2)14-10-21-19-18-14/h5-8,10-11,16H,3-4,9H2,1-2H3,(H,17,20)/t11-/m1/s1. The van der Waals surface area contributed by atoms with Crippen LogP contribution in [-0.4, -0.2) is 22.0 Å². The summed E-state index contributed by atoms with van der Waals surface area (Å²) in [6, 6.07) is 7.41. The van der Waals surface area contributed by atoms with E-state index in [-0.39, 0.29) is 11.9 Å². The van der Waals surface area contributed by atoms with Gasteiger partial charge in [-0.1, -0.05) is 30.0 Å². The molecule has 0 aliphatic rings. The number of nitrogens with one attached hydrogen (secondary N) is 2. The molecule has 0 unspecified atom stereocenters. The fourth-order valence-corrected chi connectivity index (χ4v) is 2.49. The maximum absolute atomic E-state index is 12.4. The Hall–Kier alpha value is -1.95. The summed E-state index contributed by atoms with van der Waals surface area (Å²) < 4.78 is 3.82. The van der Waals surface area contributed by atoms with Gasteiger partial charge < -0.3 is 10.6 Å². The first-order valence-electron chi connectivity index (χ1n) is 7.13. The highest BCUT2D eigenvalue weighted by Crippen LogP contribution is 2.17. The number of carbonyl (C=O) groups is 1. The van der Waals surface area contributed by atoms with Crippen LogP contribution in [0.1, 0.15) is 48.8 Å². The van der Waals surface area contributed by atoms with Crippen LogP contribution in [0, 0.1) is 0 Å². The normalized spacial score (nSPS) is 11.9. The van der Waals surface area contributed by atoms with Gasteiger partial charge in [-0.3, -0.25) is 4.79 Å². The first-order chi connectivity index (χ1) is 10.2. The number of carbonyl (C=O) groups excluding carboxylic acids is 1. The molecule has 1 aromatic heterocycles. The molecule has 0 spiro atoms. The molecule has 0 saturated heterocycles. The third-order valence-electron chi connectivity index (χ3n) is 3.19. The van der Waals surface area contributed by atoms with E-state index in [2.05, 4.69) is 27.1 Å². The first kappa shape index (κ1) is 15.4. The summed E-state index contributed by atoms with van der Waals surface area (Å²) in [6.45, 7) is 4.91. The molecule has 2 rings (SSSR count). The fourth-order valence-electron chi connectivity index (χ4n) is 1.94. The minimum absolute atomic E-state index is 0.102. The van der Waals surface area contributed by atoms with Gasteiger partial charge in [0, 0.05) is 17.6 Å². The lowest BCUT2D eigenvalue weighted by Crippen LogP contribution is -2.27. The molecule has 0 fully saturated rings. The highest BCUT2D eigenvalue weighted by atomic mass is 32.1. The Labute approximate surface area is 128 Å². The van der Waals surface area contributed by atoms with Crippen LogP contribution >= 0.6 is 11.5 Å². The molecule has 6 heteroatoms. The number of benzene rings is 1. The van der Waals surface area contributed by atoms with Crippen molar-refractivity contribution >= 4 is 23.1 Å². The molecule has 0 saturated carbocycles. The molecule has 112 valence electrons. The van der Waals surface area contributed by atoms with Gasteiger partial charge in [0.2, 0.25) is 0 Å². The van der Waals surface area contributed by atoms with Crippen LogP contribution in [0.15, 0.2) is 29.6 Å². The molecule has 1 aromatic carbocycles. The van der Waals surface area contributed by atoms with Gasteiger partial charge >= 0.3 is 0 Å². The molecule has 1 heterocycles. The highest BCUT2D eigenvalue weighted by molar-refractivity contribution is 7.03. The Balaban J connectivity index is 2.04. The summed E-state index contributed by atoms with van der Waals surface area (Å²) in [6.07, 6.45) is 2.20. The van der Waals surface area contributed by atoms with E-state index in [0.29, 0.717) is 5.56 Å². The molecular weight excluding hydrogens is 284 g/mol. The van der Waals surface area contributed by atoms with Crippen molar-refractivity contribution in [3.05, 3.63) is 40.9 Å². The summed E-state index contributed by atoms with van der Waals surface area (Å²) >= 11 is 1.28. The smallest absolute Gasteiger partial charge is 0.253 e. The number of rotatable bonds is 7. The van der Waals surface area contributed by atoms with Crippen molar-refractivity contribution in [2.45, 2.75) is 32.7 Å². The van der Waals surface area contributed by atoms with Crippen molar-refractivity contribution in [3.8, 4) is 0 Å². The van der Waals surface area contributed by atoms with E-state index >= 15 is 0 Å². The molecule has 1 atom stereocenters. The Kier molecular flexibility index (Phi) is 5.68. The van der Waals surface area contributed by atoms with Gasteiger partial charge in [0.1, 0.15) is 0 Å². The van der Waals surface area contributed by atoms with Crippen LogP contribution < -0.4 is 10.6 Å². The SMILES string of the molecule is CCCCNc1ccccc1C(=O)N[C@H](C)c1csnn1. The Morgan fingerprint density at radius 3 is 2.90 bits per heavy atom. The van der Waals surface area contributed by atoms with Crippen LogP contribution in [0.25, 0.3) is 0 Å². The van der Waals surface area contributed by atoms with E-state index in [9.17, 15) is 4.79 Å². The number of amides is 1. The summed E-state index contributed by atoms with van der Waals surface area (Å²) in [5, 5.41) is 12.1. The average molecular weight is 304 g/mol. The third kappa shape index (κ3) is 4.26. The Morgan fingerprint density at radius 2 is 2.19 bits per heavy atom. The molecule has 0 radical (unpaired) electrons. The predicted molar refractivity (Wildman–Crippen MR) is 85.6 cm³/mol. The van der Waals surface area contributed by atoms with Crippen molar-refractivity contribution < 1.29 is 4.79 Å². The lowest BCUT2D eigenvalue weighted by molar-refractivity contribution is 0.0940. The van der Waals surface area contributed by atoms with Crippen LogP contribution in [-0.2, 0) is 0 Å². The second-order valence-electron chi connectivity index (χ2n) is 4.85. The van der Waals surface area contributed by atoms with Crippen LogP contribution in [0.4, 0.5) is 5.69 Å². The van der Waals surface area contributed by atoms with Crippen LogP contribution in [0.3, 0.4) is 0 Å². The van der Waals surface area contributed by atoms with E-state index in [1.165, 1.54) is 11.5 Å². The summed E-state index contributed by atoms with van der Waals surface area (Å²) in [7, 11) is 0. The van der Waals surface area contributed by atoms with Gasteiger partial charge in [0.25, 0.3) is 5.91 Å². The van der Waals surface area contributed by atoms with Gasteiger partial charge in [-0.2, -0.15) is 0 Å². The van der Waals surface area contributed by atoms with Crippen molar-refractivity contribution in [1.82, 2.24) is 14.9 Å². The zero-order chi connectivity index (χ0) is 15.1. The average Bonchev–Trinajstić information content (AvgIpc) is 3.02. The molecule has 1 amide bonds. The van der Waals surface area contributed by atoms with Crippen molar-refractivity contribution in [3.63, 3.8) is 0 Å². The van der Waals surface area contributed by atoms with Crippen molar-refractivity contribution in [1.29, 1.82) is 0 Å². The number of unbranched alkanes of at least 4 members (excludes halogenated alkanes) is 1. The fraction of sp³-hybridized carbons (Fsp3) is 0.400. The maximum Gasteiger partial charge on any atom is 0.253 e. The lowest BCUT2D eigenvalue weighted by Gasteiger charge is -2.14. The number of aromatic nitrogens is 2.